The predicted octanol–water partition coefficient (Wildman–Crippen LogP) is 2.96. The van der Waals surface area contributed by atoms with Crippen molar-refractivity contribution in [2.45, 2.75) is 13.8 Å². The van der Waals surface area contributed by atoms with Crippen molar-refractivity contribution in [3.05, 3.63) is 77.9 Å². The molecule has 0 fully saturated rings. The summed E-state index contributed by atoms with van der Waals surface area (Å²) in [5.74, 6) is 0. The van der Waals surface area contributed by atoms with Gasteiger partial charge < -0.3 is 13.9 Å². The van der Waals surface area contributed by atoms with Gasteiger partial charge in [-0.1, -0.05) is 53.0 Å². The number of fused-ring (bicyclic) bond motifs is 2. The van der Waals surface area contributed by atoms with Gasteiger partial charge in [0.2, 0.25) is 6.33 Å². The van der Waals surface area contributed by atoms with Gasteiger partial charge in [-0.25, -0.2) is 0 Å². The quantitative estimate of drug-likeness (QED) is 0.295. The van der Waals surface area contributed by atoms with E-state index < -0.39 is 0 Å². The van der Waals surface area contributed by atoms with E-state index in [1.165, 1.54) is 43.0 Å². The Balaban J connectivity index is 1.73. The Morgan fingerprint density at radius 3 is 2.50 bits per heavy atom. The molecule has 0 unspecified atom stereocenters. The molecule has 0 N–H and O–H groups in total. The molecule has 1 aliphatic rings. The second-order valence-electron chi connectivity index (χ2n) is 7.58. The van der Waals surface area contributed by atoms with Crippen LogP contribution in [0, 0.1) is 20.2 Å². The molecule has 28 heavy (non-hydrogen) atoms. The third kappa shape index (κ3) is 2.54. The van der Waals surface area contributed by atoms with Crippen LogP contribution in [0.3, 0.4) is 0 Å². The minimum Gasteiger partial charge on any atom is -0.422 e. The molecule has 3 heterocycles. The molecule has 0 aliphatic carbocycles. The lowest BCUT2D eigenvalue weighted by Crippen LogP contribution is -2.59. The molecule has 0 amide bonds. The lowest BCUT2D eigenvalue weighted by molar-refractivity contribution is -0.597. The number of imidazole rings is 1. The normalized spacial score (nSPS) is 13.4. The van der Waals surface area contributed by atoms with Gasteiger partial charge in [-0.15, -0.1) is 11.3 Å². The maximum absolute atomic E-state index is 3.56. The largest absolute Gasteiger partial charge is 0.422 e. The predicted molar refractivity (Wildman–Crippen MR) is 119 cm³/mol. The van der Waals surface area contributed by atoms with E-state index in [0.717, 1.165) is 0 Å². The Bertz CT molecular complexity index is 1180. The van der Waals surface area contributed by atoms with Crippen LogP contribution in [-0.4, -0.2) is 23.3 Å². The molecule has 0 saturated carbocycles. The van der Waals surface area contributed by atoms with Crippen LogP contribution in [0.2, 0.25) is 0 Å². The molecule has 2 aromatic carbocycles. The first-order valence-corrected chi connectivity index (χ1v) is 10.4. The van der Waals surface area contributed by atoms with Crippen LogP contribution in [0.1, 0.15) is 16.8 Å². The van der Waals surface area contributed by atoms with Gasteiger partial charge in [-0.05, 0) is 50.7 Å². The maximum Gasteiger partial charge on any atom is 0.306 e. The first-order valence-electron chi connectivity index (χ1n) is 9.54. The second kappa shape index (κ2) is 6.38. The number of aromatic nitrogens is 2. The van der Waals surface area contributed by atoms with E-state index in [0.29, 0.717) is 0 Å². The minimum absolute atomic E-state index is 0.179. The lowest BCUT2D eigenvalue weighted by atomic mass is 9.48. The van der Waals surface area contributed by atoms with Crippen LogP contribution in [0.15, 0.2) is 54.7 Å². The zero-order valence-corrected chi connectivity index (χ0v) is 17.4. The van der Waals surface area contributed by atoms with Crippen molar-refractivity contribution >= 4 is 45.4 Å². The molecule has 0 radical (unpaired) electrons. The molecule has 5 heteroatoms. The van der Waals surface area contributed by atoms with Crippen molar-refractivity contribution in [2.24, 2.45) is 7.05 Å². The number of thiophene rings is 1. The molecule has 138 valence electrons. The summed E-state index contributed by atoms with van der Waals surface area (Å²) < 4.78 is 5.68. The monoisotopic (exact) mass is 383 g/mol. The van der Waals surface area contributed by atoms with Crippen molar-refractivity contribution in [1.82, 2.24) is 9.38 Å². The molecule has 2 aromatic heterocycles. The summed E-state index contributed by atoms with van der Waals surface area (Å²) >= 11 is 1.81. The van der Waals surface area contributed by atoms with Gasteiger partial charge in [0, 0.05) is 16.0 Å². The van der Waals surface area contributed by atoms with Crippen LogP contribution in [0.25, 0.3) is 21.2 Å². The fourth-order valence-corrected chi connectivity index (χ4v) is 5.37. The van der Waals surface area contributed by atoms with Crippen molar-refractivity contribution in [3.63, 3.8) is 0 Å². The molecular formula is C23H22BN3S. The van der Waals surface area contributed by atoms with Crippen LogP contribution >= 0.6 is 11.3 Å². The molecule has 4 aromatic rings. The van der Waals surface area contributed by atoms with E-state index in [-0.39, 0.29) is 6.85 Å². The highest BCUT2D eigenvalue weighted by Gasteiger charge is 2.33. The second-order valence-corrected chi connectivity index (χ2v) is 8.64. The molecule has 3 nitrogen and oxygen atoms in total. The van der Waals surface area contributed by atoms with Crippen LogP contribution in [0.5, 0.6) is 0 Å². The third-order valence-electron chi connectivity index (χ3n) is 5.70. The Kier molecular flexibility index (Phi) is 3.95. The zero-order chi connectivity index (χ0) is 19.4. The van der Waals surface area contributed by atoms with Crippen molar-refractivity contribution in [3.8, 4) is 5.00 Å². The van der Waals surface area contributed by atoms with Crippen LogP contribution in [0.4, 0.5) is 0 Å². The smallest absolute Gasteiger partial charge is 0.306 e. The van der Waals surface area contributed by atoms with E-state index in [1.807, 2.05) is 11.3 Å². The van der Waals surface area contributed by atoms with Gasteiger partial charge >= 0.3 is 6.85 Å². The third-order valence-corrected chi connectivity index (χ3v) is 6.80. The highest BCUT2D eigenvalue weighted by Crippen LogP contribution is 2.26. The summed E-state index contributed by atoms with van der Waals surface area (Å²) in [6.45, 7) is 4.60. The van der Waals surface area contributed by atoms with Crippen molar-refractivity contribution in [1.29, 1.82) is 0 Å². The molecule has 0 spiro atoms. The highest BCUT2D eigenvalue weighted by atomic mass is 32.1. The average Bonchev–Trinajstić information content (AvgIpc) is 3.24. The number of benzene rings is 2. The fourth-order valence-electron chi connectivity index (χ4n) is 4.34. The standard InChI is InChI=1S/C23H22BN3S/c1-16-8-7-9-17(2)22(16)24-23-19(12-13-26(24)4)27(15-25(23)3)21-14-18-10-5-6-11-20(18)28-21/h5-14H,1-4H3. The molecule has 1 aliphatic heterocycles. The summed E-state index contributed by atoms with van der Waals surface area (Å²) in [5, 5.41) is 2.48. The lowest BCUT2D eigenvalue weighted by Gasteiger charge is -2.31. The average molecular weight is 383 g/mol. The summed E-state index contributed by atoms with van der Waals surface area (Å²) in [6, 6.07) is 17.4. The van der Waals surface area contributed by atoms with Gasteiger partial charge in [0.05, 0.1) is 7.05 Å². The molecule has 0 bridgehead atoms. The van der Waals surface area contributed by atoms with Gasteiger partial charge in [-0.3, -0.25) is 0 Å². The zero-order valence-electron chi connectivity index (χ0n) is 16.6. The maximum atomic E-state index is 3.56. The number of hydrogen-bond donors (Lipinski definition) is 0. The number of nitrogens with zero attached hydrogens (tertiary/aromatic N) is 3. The topological polar surface area (TPSA) is 12.0 Å². The van der Waals surface area contributed by atoms with E-state index in [4.69, 9.17) is 0 Å². The highest BCUT2D eigenvalue weighted by molar-refractivity contribution is 7.20. The molecule has 0 atom stereocenters. The van der Waals surface area contributed by atoms with E-state index in [2.05, 4.69) is 109 Å². The number of aryl methyl sites for hydroxylation is 3. The summed E-state index contributed by atoms with van der Waals surface area (Å²) in [6.07, 6.45) is 7.96. The SMILES string of the molecule is Cc1cccc(C)c1B1c2c([n+](-c3cc4ccccc4s3)[c-]n2C)C=CN1C. The van der Waals surface area contributed by atoms with Crippen molar-refractivity contribution < 1.29 is 4.57 Å². The summed E-state index contributed by atoms with van der Waals surface area (Å²) in [7, 11) is 4.27. The Morgan fingerprint density at radius 2 is 1.75 bits per heavy atom. The van der Waals surface area contributed by atoms with Gasteiger partial charge in [0.1, 0.15) is 5.00 Å². The summed E-state index contributed by atoms with van der Waals surface area (Å²) in [5.41, 5.74) is 6.52. The van der Waals surface area contributed by atoms with Crippen molar-refractivity contribution in [2.75, 3.05) is 7.05 Å². The number of rotatable bonds is 2. The van der Waals surface area contributed by atoms with Gasteiger partial charge in [0.25, 0.3) is 0 Å². The molecule has 5 rings (SSSR count). The van der Waals surface area contributed by atoms with Crippen LogP contribution < -0.4 is 15.6 Å². The Labute approximate surface area is 170 Å². The van der Waals surface area contributed by atoms with Gasteiger partial charge in [-0.2, -0.15) is 0 Å². The fraction of sp³-hybridized carbons (Fsp3) is 0.174. The minimum atomic E-state index is 0.179. The molecular weight excluding hydrogens is 361 g/mol. The van der Waals surface area contributed by atoms with E-state index in [9.17, 15) is 0 Å². The number of hydrogen-bond acceptors (Lipinski definition) is 2. The Morgan fingerprint density at radius 1 is 1.00 bits per heavy atom. The first-order chi connectivity index (χ1) is 13.5. The summed E-state index contributed by atoms with van der Waals surface area (Å²) in [4.78, 5) is 2.31. The van der Waals surface area contributed by atoms with E-state index in [1.54, 1.807) is 0 Å². The van der Waals surface area contributed by atoms with Gasteiger partial charge in [0.15, 0.2) is 0 Å². The first kappa shape index (κ1) is 17.3. The van der Waals surface area contributed by atoms with E-state index >= 15 is 0 Å². The molecule has 0 saturated heterocycles. The Hall–Kier alpha value is -2.79. The van der Waals surface area contributed by atoms with Crippen LogP contribution in [-0.2, 0) is 7.05 Å².